The smallest absolute Gasteiger partial charge is 0.273 e. The summed E-state index contributed by atoms with van der Waals surface area (Å²) in [5.41, 5.74) is 4.10. The zero-order chi connectivity index (χ0) is 21.2. The second kappa shape index (κ2) is 8.71. The van der Waals surface area contributed by atoms with Crippen molar-refractivity contribution in [2.75, 3.05) is 19.6 Å². The molecule has 162 valence electrons. The van der Waals surface area contributed by atoms with Crippen LogP contribution in [0.25, 0.3) is 11.3 Å². The summed E-state index contributed by atoms with van der Waals surface area (Å²) in [7, 11) is 0. The van der Waals surface area contributed by atoms with Crippen LogP contribution >= 0.6 is 0 Å². The number of benzene rings is 1. The van der Waals surface area contributed by atoms with Crippen molar-refractivity contribution in [2.24, 2.45) is 0 Å². The number of nitrogens with one attached hydrogen (secondary N) is 1. The third-order valence-corrected chi connectivity index (χ3v) is 6.50. The van der Waals surface area contributed by atoms with Crippen molar-refractivity contribution in [3.05, 3.63) is 64.7 Å². The van der Waals surface area contributed by atoms with Gasteiger partial charge in [0.1, 0.15) is 11.5 Å². The van der Waals surface area contributed by atoms with E-state index in [4.69, 9.17) is 8.94 Å². The Kier molecular flexibility index (Phi) is 5.64. The van der Waals surface area contributed by atoms with Crippen molar-refractivity contribution in [3.8, 4) is 11.3 Å². The molecule has 2 aromatic heterocycles. The Morgan fingerprint density at radius 2 is 1.87 bits per heavy atom. The lowest BCUT2D eigenvalue weighted by molar-refractivity contribution is 0.0924. The minimum absolute atomic E-state index is 0.0344. The summed E-state index contributed by atoms with van der Waals surface area (Å²) in [5.74, 6) is 2.20. The fourth-order valence-corrected chi connectivity index (χ4v) is 4.78. The van der Waals surface area contributed by atoms with E-state index >= 15 is 0 Å². The Hall–Kier alpha value is -2.86. The summed E-state index contributed by atoms with van der Waals surface area (Å²) in [6.07, 6.45) is 7.10. The number of hydrogen-bond acceptors (Lipinski definition) is 5. The van der Waals surface area contributed by atoms with Gasteiger partial charge in [-0.3, -0.25) is 9.69 Å². The number of aryl methyl sites for hydroxylation is 3. The van der Waals surface area contributed by atoms with Gasteiger partial charge in [-0.2, -0.15) is 0 Å². The van der Waals surface area contributed by atoms with Gasteiger partial charge in [-0.15, -0.1) is 0 Å². The molecule has 0 bridgehead atoms. The normalized spacial score (nSPS) is 17.5. The lowest BCUT2D eigenvalue weighted by Crippen LogP contribution is -2.36. The Bertz CT molecular complexity index is 1060. The fourth-order valence-electron chi connectivity index (χ4n) is 4.78. The number of amides is 1. The van der Waals surface area contributed by atoms with E-state index in [1.807, 2.05) is 19.1 Å². The molecule has 0 unspecified atom stereocenters. The van der Waals surface area contributed by atoms with Gasteiger partial charge in [0.15, 0.2) is 11.5 Å². The second-order valence-corrected chi connectivity index (χ2v) is 8.68. The predicted octanol–water partition coefficient (Wildman–Crippen LogP) is 4.69. The monoisotopic (exact) mass is 419 g/mol. The van der Waals surface area contributed by atoms with Crippen LogP contribution in [0.5, 0.6) is 0 Å². The molecule has 0 radical (unpaired) electrons. The Morgan fingerprint density at radius 1 is 1.06 bits per heavy atom. The molecule has 1 aliphatic carbocycles. The molecule has 1 aromatic carbocycles. The highest BCUT2D eigenvalue weighted by Gasteiger charge is 2.27. The molecule has 6 nitrogen and oxygen atoms in total. The largest absolute Gasteiger partial charge is 0.465 e. The van der Waals surface area contributed by atoms with Gasteiger partial charge in [0.05, 0.1) is 6.04 Å². The van der Waals surface area contributed by atoms with Crippen molar-refractivity contribution >= 4 is 5.91 Å². The summed E-state index contributed by atoms with van der Waals surface area (Å²) in [6.45, 7) is 4.47. The van der Waals surface area contributed by atoms with E-state index in [2.05, 4.69) is 33.6 Å². The zero-order valence-electron chi connectivity index (χ0n) is 18.0. The van der Waals surface area contributed by atoms with Crippen LogP contribution in [0.2, 0.25) is 0 Å². The number of fused-ring (bicyclic) bond motifs is 1. The molecule has 0 spiro atoms. The van der Waals surface area contributed by atoms with Crippen molar-refractivity contribution in [1.29, 1.82) is 0 Å². The van der Waals surface area contributed by atoms with Crippen LogP contribution in [0.15, 0.2) is 45.3 Å². The quantitative estimate of drug-likeness (QED) is 0.628. The Balaban J connectivity index is 1.28. The van der Waals surface area contributed by atoms with Crippen molar-refractivity contribution < 1.29 is 13.7 Å². The SMILES string of the molecule is Cc1ccc([C@H](CNC(=O)c2cc(-c3ccc4c(c3)CCCC4)on2)N2CCCC2)o1. The van der Waals surface area contributed by atoms with Gasteiger partial charge >= 0.3 is 0 Å². The fraction of sp³-hybridized carbons (Fsp3) is 0.440. The van der Waals surface area contributed by atoms with Crippen molar-refractivity contribution in [3.63, 3.8) is 0 Å². The van der Waals surface area contributed by atoms with Gasteiger partial charge < -0.3 is 14.3 Å². The van der Waals surface area contributed by atoms with E-state index in [1.54, 1.807) is 6.07 Å². The van der Waals surface area contributed by atoms with Gasteiger partial charge in [-0.05, 0) is 87.9 Å². The van der Waals surface area contributed by atoms with Crippen molar-refractivity contribution in [2.45, 2.75) is 51.5 Å². The molecule has 3 heterocycles. The summed E-state index contributed by atoms with van der Waals surface area (Å²) in [6, 6.07) is 12.2. The number of carbonyl (C=O) groups excluding carboxylic acids is 1. The maximum Gasteiger partial charge on any atom is 0.273 e. The van der Waals surface area contributed by atoms with E-state index in [1.165, 1.54) is 36.8 Å². The highest BCUT2D eigenvalue weighted by atomic mass is 16.5. The molecule has 1 amide bonds. The van der Waals surface area contributed by atoms with Crippen LogP contribution in [0.1, 0.15) is 64.9 Å². The molecule has 1 atom stereocenters. The number of furan rings is 1. The van der Waals surface area contributed by atoms with Crippen LogP contribution in [0, 0.1) is 6.92 Å². The zero-order valence-corrected chi connectivity index (χ0v) is 18.0. The average molecular weight is 420 g/mol. The summed E-state index contributed by atoms with van der Waals surface area (Å²) in [4.78, 5) is 15.2. The van der Waals surface area contributed by atoms with Gasteiger partial charge in [0.25, 0.3) is 5.91 Å². The molecule has 31 heavy (non-hydrogen) atoms. The number of rotatable bonds is 6. The first-order valence-electron chi connectivity index (χ1n) is 11.3. The first-order chi connectivity index (χ1) is 15.2. The highest BCUT2D eigenvalue weighted by molar-refractivity contribution is 5.93. The average Bonchev–Trinajstić information content (AvgIpc) is 3.56. The van der Waals surface area contributed by atoms with Crippen LogP contribution in [-0.2, 0) is 12.8 Å². The number of nitrogens with zero attached hydrogens (tertiary/aromatic N) is 2. The van der Waals surface area contributed by atoms with E-state index in [9.17, 15) is 4.79 Å². The lowest BCUT2D eigenvalue weighted by Gasteiger charge is -2.25. The van der Waals surface area contributed by atoms with Gasteiger partial charge in [-0.25, -0.2) is 0 Å². The number of likely N-dealkylation sites (tertiary alicyclic amines) is 1. The molecule has 3 aromatic rings. The van der Waals surface area contributed by atoms with Gasteiger partial charge in [0, 0.05) is 18.2 Å². The van der Waals surface area contributed by atoms with Gasteiger partial charge in [0.2, 0.25) is 0 Å². The number of aromatic nitrogens is 1. The Morgan fingerprint density at radius 3 is 2.65 bits per heavy atom. The number of hydrogen-bond donors (Lipinski definition) is 1. The topological polar surface area (TPSA) is 71.5 Å². The lowest BCUT2D eigenvalue weighted by atomic mass is 9.90. The number of carbonyl (C=O) groups is 1. The summed E-state index contributed by atoms with van der Waals surface area (Å²) in [5, 5.41) is 7.07. The highest BCUT2D eigenvalue weighted by Crippen LogP contribution is 2.29. The van der Waals surface area contributed by atoms with Crippen LogP contribution in [0.4, 0.5) is 0 Å². The van der Waals surface area contributed by atoms with Gasteiger partial charge in [-0.1, -0.05) is 17.3 Å². The molecule has 1 fully saturated rings. The molecule has 1 saturated heterocycles. The molecular weight excluding hydrogens is 390 g/mol. The first-order valence-corrected chi connectivity index (χ1v) is 11.3. The summed E-state index contributed by atoms with van der Waals surface area (Å²) >= 11 is 0. The molecule has 1 aliphatic heterocycles. The van der Waals surface area contributed by atoms with E-state index in [0.717, 1.165) is 43.0 Å². The third kappa shape index (κ3) is 4.30. The minimum atomic E-state index is -0.222. The third-order valence-electron chi connectivity index (χ3n) is 6.50. The van der Waals surface area contributed by atoms with E-state index in [-0.39, 0.29) is 11.9 Å². The molecule has 0 saturated carbocycles. The standard InChI is InChI=1S/C25H29N3O3/c1-17-8-11-23(30-17)22(28-12-4-5-13-28)16-26-25(29)21-15-24(31-27-21)20-10-9-18-6-2-3-7-19(18)14-20/h8-11,14-15,22H,2-7,12-13,16H2,1H3,(H,26,29)/t22-/m0/s1. The predicted molar refractivity (Wildman–Crippen MR) is 118 cm³/mol. The molecule has 1 N–H and O–H groups in total. The van der Waals surface area contributed by atoms with Crippen LogP contribution < -0.4 is 5.32 Å². The van der Waals surface area contributed by atoms with Crippen LogP contribution in [0.3, 0.4) is 0 Å². The molecular formula is C25H29N3O3. The Labute approximate surface area is 182 Å². The summed E-state index contributed by atoms with van der Waals surface area (Å²) < 4.78 is 11.4. The molecule has 6 heteroatoms. The minimum Gasteiger partial charge on any atom is -0.465 e. The first kappa shape index (κ1) is 20.1. The second-order valence-electron chi connectivity index (χ2n) is 8.68. The molecule has 5 rings (SSSR count). The maximum absolute atomic E-state index is 12.8. The maximum atomic E-state index is 12.8. The van der Waals surface area contributed by atoms with E-state index < -0.39 is 0 Å². The molecule has 2 aliphatic rings. The van der Waals surface area contributed by atoms with Crippen molar-refractivity contribution in [1.82, 2.24) is 15.4 Å². The van der Waals surface area contributed by atoms with E-state index in [0.29, 0.717) is 18.0 Å². The van der Waals surface area contributed by atoms with Crippen LogP contribution in [-0.4, -0.2) is 35.6 Å².